The summed E-state index contributed by atoms with van der Waals surface area (Å²) >= 11 is 0. The Hall–Kier alpha value is -0.593. The zero-order valence-electron chi connectivity index (χ0n) is 9.13. The smallest absolute Gasteiger partial charge is 0.158 e. The van der Waals surface area contributed by atoms with Crippen LogP contribution < -0.4 is 0 Å². The van der Waals surface area contributed by atoms with Gasteiger partial charge >= 0.3 is 0 Å². The van der Waals surface area contributed by atoms with Gasteiger partial charge in [-0.2, -0.15) is 5.26 Å². The van der Waals surface area contributed by atoms with Crippen molar-refractivity contribution in [1.29, 1.82) is 5.26 Å². The highest BCUT2D eigenvalue weighted by Gasteiger charge is 2.32. The zero-order valence-corrected chi connectivity index (χ0v) is 10.1. The summed E-state index contributed by atoms with van der Waals surface area (Å²) in [6.07, 6.45) is 0.659. The first kappa shape index (κ1) is 12.4. The van der Waals surface area contributed by atoms with E-state index in [4.69, 9.17) is 10.4 Å². The average molecular weight is 197 g/mol. The molecule has 0 heterocycles. The van der Waals surface area contributed by atoms with Crippen LogP contribution in [0.25, 0.3) is 0 Å². The van der Waals surface area contributed by atoms with Crippen LogP contribution >= 0.6 is 0 Å². The maximum atomic E-state index is 9.06. The van der Waals surface area contributed by atoms with Crippen LogP contribution in [0.3, 0.4) is 0 Å². The van der Waals surface area contributed by atoms with E-state index < -0.39 is 14.2 Å². The molecule has 74 valence electrons. The van der Waals surface area contributed by atoms with Crippen LogP contribution in [0.2, 0.25) is 18.1 Å². The fourth-order valence-electron chi connectivity index (χ4n) is 0.625. The molecule has 0 aliphatic rings. The molecule has 3 heteroatoms. The fraction of sp³-hybridized carbons (Fsp3) is 0.700. The standard InChI is InChI=1S/C10H19NOSi/c1-10(2,3)13(4,5)7-6-9(12)8-11/h6-7,9,12H,1-5H3/b7-6+/t9-/m0/s1. The topological polar surface area (TPSA) is 44.0 Å². The molecule has 0 fully saturated rings. The van der Waals surface area contributed by atoms with E-state index in [-0.39, 0.29) is 5.04 Å². The highest BCUT2D eigenvalue weighted by atomic mass is 28.3. The molecule has 0 unspecified atom stereocenters. The van der Waals surface area contributed by atoms with Crippen molar-refractivity contribution in [2.45, 2.75) is 45.0 Å². The van der Waals surface area contributed by atoms with E-state index in [0.717, 1.165) is 0 Å². The van der Waals surface area contributed by atoms with Crippen LogP contribution in [0.5, 0.6) is 0 Å². The summed E-state index contributed by atoms with van der Waals surface area (Å²) in [6.45, 7) is 11.0. The van der Waals surface area contributed by atoms with Crippen LogP contribution in [0, 0.1) is 11.3 Å². The van der Waals surface area contributed by atoms with Crippen molar-refractivity contribution in [3.8, 4) is 6.07 Å². The fourth-order valence-corrected chi connectivity index (χ4v) is 1.79. The number of aliphatic hydroxyl groups is 1. The van der Waals surface area contributed by atoms with E-state index in [2.05, 4.69) is 33.9 Å². The first-order valence-electron chi connectivity index (χ1n) is 4.48. The minimum atomic E-state index is -1.48. The van der Waals surface area contributed by atoms with Gasteiger partial charge in [0, 0.05) is 0 Å². The highest BCUT2D eigenvalue weighted by molar-refractivity contribution is 6.84. The van der Waals surface area contributed by atoms with Crippen LogP contribution in [0.1, 0.15) is 20.8 Å². The van der Waals surface area contributed by atoms with Crippen molar-refractivity contribution >= 4 is 8.07 Å². The minimum Gasteiger partial charge on any atom is -0.374 e. The number of rotatable bonds is 2. The lowest BCUT2D eigenvalue weighted by Gasteiger charge is -2.34. The normalized spacial score (nSPS) is 15.8. The largest absolute Gasteiger partial charge is 0.374 e. The molecule has 0 aromatic heterocycles. The summed E-state index contributed by atoms with van der Waals surface area (Å²) in [4.78, 5) is 0. The molecule has 0 rings (SSSR count). The molecule has 0 radical (unpaired) electrons. The predicted octanol–water partition coefficient (Wildman–Crippen LogP) is 2.47. The van der Waals surface area contributed by atoms with Crippen molar-refractivity contribution in [3.05, 3.63) is 11.8 Å². The van der Waals surface area contributed by atoms with Crippen molar-refractivity contribution in [1.82, 2.24) is 0 Å². The third kappa shape index (κ3) is 3.75. The Kier molecular flexibility index (Phi) is 3.89. The lowest BCUT2D eigenvalue weighted by atomic mass is 10.2. The van der Waals surface area contributed by atoms with Crippen molar-refractivity contribution < 1.29 is 5.11 Å². The molecule has 0 aromatic carbocycles. The second kappa shape index (κ2) is 4.08. The first-order chi connectivity index (χ1) is 5.70. The molecule has 0 spiro atoms. The van der Waals surface area contributed by atoms with Gasteiger partial charge in [-0.05, 0) is 11.1 Å². The Morgan fingerprint density at radius 3 is 2.15 bits per heavy atom. The SMILES string of the molecule is CC(C)(C)[Si](C)(C)/C=C/[C@H](O)C#N. The number of aliphatic hydroxyl groups excluding tert-OH is 1. The molecular formula is C10H19NOSi. The van der Waals surface area contributed by atoms with E-state index in [9.17, 15) is 0 Å². The minimum absolute atomic E-state index is 0.263. The molecule has 0 aliphatic carbocycles. The maximum absolute atomic E-state index is 9.06. The quantitative estimate of drug-likeness (QED) is 0.546. The molecular weight excluding hydrogens is 178 g/mol. The summed E-state index contributed by atoms with van der Waals surface area (Å²) in [5.41, 5.74) is 2.04. The molecule has 1 N–H and O–H groups in total. The predicted molar refractivity (Wildman–Crippen MR) is 58.0 cm³/mol. The summed E-state index contributed by atoms with van der Waals surface area (Å²) in [7, 11) is -1.48. The van der Waals surface area contributed by atoms with Crippen LogP contribution in [0.15, 0.2) is 11.8 Å². The Balaban J connectivity index is 4.53. The highest BCUT2D eigenvalue weighted by Crippen LogP contribution is 2.36. The summed E-state index contributed by atoms with van der Waals surface area (Å²) in [5.74, 6) is 0. The molecule has 1 atom stereocenters. The number of nitriles is 1. The van der Waals surface area contributed by atoms with E-state index in [1.807, 2.05) is 5.70 Å². The molecule has 0 aliphatic heterocycles. The number of hydrogen-bond donors (Lipinski definition) is 1. The van der Waals surface area contributed by atoms with Gasteiger partial charge in [0.15, 0.2) is 6.10 Å². The second-order valence-electron chi connectivity index (χ2n) is 4.90. The lowest BCUT2D eigenvalue weighted by molar-refractivity contribution is 0.278. The van der Waals surface area contributed by atoms with Crippen LogP contribution in [-0.4, -0.2) is 19.3 Å². The van der Waals surface area contributed by atoms with Gasteiger partial charge in [0.05, 0.1) is 14.1 Å². The Morgan fingerprint density at radius 2 is 1.85 bits per heavy atom. The van der Waals surface area contributed by atoms with Gasteiger partial charge in [-0.15, -0.1) is 0 Å². The lowest BCUT2D eigenvalue weighted by Crippen LogP contribution is -2.35. The third-order valence-electron chi connectivity index (χ3n) is 2.76. The monoisotopic (exact) mass is 197 g/mol. The van der Waals surface area contributed by atoms with E-state index in [1.54, 1.807) is 12.1 Å². The van der Waals surface area contributed by atoms with Gasteiger partial charge < -0.3 is 5.11 Å². The van der Waals surface area contributed by atoms with Gasteiger partial charge in [-0.3, -0.25) is 0 Å². The number of hydrogen-bond acceptors (Lipinski definition) is 2. The molecule has 0 saturated carbocycles. The molecule has 0 amide bonds. The maximum Gasteiger partial charge on any atom is 0.158 e. The molecule has 0 saturated heterocycles. The zero-order chi connectivity index (χ0) is 10.7. The van der Waals surface area contributed by atoms with Gasteiger partial charge in [0.2, 0.25) is 0 Å². The van der Waals surface area contributed by atoms with Crippen molar-refractivity contribution in [3.63, 3.8) is 0 Å². The van der Waals surface area contributed by atoms with Gasteiger partial charge in [0.1, 0.15) is 0 Å². The van der Waals surface area contributed by atoms with Crippen molar-refractivity contribution in [2.75, 3.05) is 0 Å². The van der Waals surface area contributed by atoms with E-state index in [1.165, 1.54) is 0 Å². The van der Waals surface area contributed by atoms with Gasteiger partial charge in [-0.25, -0.2) is 0 Å². The second-order valence-corrected chi connectivity index (χ2v) is 10.2. The Bertz CT molecular complexity index is 232. The van der Waals surface area contributed by atoms with Crippen LogP contribution in [-0.2, 0) is 0 Å². The van der Waals surface area contributed by atoms with Crippen molar-refractivity contribution in [2.24, 2.45) is 0 Å². The summed E-state index contributed by atoms with van der Waals surface area (Å²) in [6, 6.07) is 1.78. The Morgan fingerprint density at radius 1 is 1.38 bits per heavy atom. The molecule has 13 heavy (non-hydrogen) atoms. The van der Waals surface area contributed by atoms with E-state index in [0.29, 0.717) is 0 Å². The summed E-state index contributed by atoms with van der Waals surface area (Å²) in [5, 5.41) is 17.7. The average Bonchev–Trinajstić information content (AvgIpc) is 1.98. The van der Waals surface area contributed by atoms with Gasteiger partial charge in [-0.1, -0.05) is 39.6 Å². The van der Waals surface area contributed by atoms with Crippen LogP contribution in [0.4, 0.5) is 0 Å². The number of nitrogens with zero attached hydrogens (tertiary/aromatic N) is 1. The first-order valence-corrected chi connectivity index (χ1v) is 7.55. The molecule has 0 bridgehead atoms. The van der Waals surface area contributed by atoms with Gasteiger partial charge in [0.25, 0.3) is 0 Å². The summed E-state index contributed by atoms with van der Waals surface area (Å²) < 4.78 is 0. The third-order valence-corrected chi connectivity index (χ3v) is 7.65. The molecule has 0 aromatic rings. The Labute approximate surface area is 81.9 Å². The van der Waals surface area contributed by atoms with E-state index >= 15 is 0 Å². The molecule has 2 nitrogen and oxygen atoms in total.